The van der Waals surface area contributed by atoms with E-state index >= 15 is 0 Å². The van der Waals surface area contributed by atoms with E-state index in [2.05, 4.69) is 38.0 Å². The predicted octanol–water partition coefficient (Wildman–Crippen LogP) is 0.935. The van der Waals surface area contributed by atoms with Crippen LogP contribution in [-0.4, -0.2) is 49.3 Å². The lowest BCUT2D eigenvalue weighted by atomic mass is 10.1. The van der Waals surface area contributed by atoms with E-state index in [1.165, 1.54) is 6.42 Å². The number of hydrogen-bond acceptors (Lipinski definition) is 3. The number of hydrogen-bond donors (Lipinski definition) is 2. The van der Waals surface area contributed by atoms with Gasteiger partial charge >= 0.3 is 0 Å². The van der Waals surface area contributed by atoms with Gasteiger partial charge in [0, 0.05) is 13.1 Å². The number of aliphatic hydroxyl groups excluding tert-OH is 1. The van der Waals surface area contributed by atoms with Gasteiger partial charge in [0.05, 0.1) is 6.10 Å². The standard InChI is InChI=1S/C11H26N2O/c1-5-12-8-11(14)9-13(4)7-6-10(2)3/h10-12,14H,5-9H2,1-4H3. The van der Waals surface area contributed by atoms with Crippen molar-refractivity contribution in [2.45, 2.75) is 33.3 Å². The summed E-state index contributed by atoms with van der Waals surface area (Å²) in [6, 6.07) is 0. The molecule has 0 aliphatic rings. The van der Waals surface area contributed by atoms with Gasteiger partial charge in [-0.1, -0.05) is 20.8 Å². The second-order valence-electron chi connectivity index (χ2n) is 4.41. The molecule has 0 saturated carbocycles. The van der Waals surface area contributed by atoms with E-state index in [0.717, 1.165) is 25.6 Å². The van der Waals surface area contributed by atoms with Crippen molar-refractivity contribution in [3.05, 3.63) is 0 Å². The summed E-state index contributed by atoms with van der Waals surface area (Å²) >= 11 is 0. The molecule has 0 radical (unpaired) electrons. The molecule has 0 bridgehead atoms. The van der Waals surface area contributed by atoms with Crippen molar-refractivity contribution in [1.82, 2.24) is 10.2 Å². The predicted molar refractivity (Wildman–Crippen MR) is 61.5 cm³/mol. The van der Waals surface area contributed by atoms with Crippen LogP contribution in [0.2, 0.25) is 0 Å². The van der Waals surface area contributed by atoms with E-state index in [-0.39, 0.29) is 6.10 Å². The molecule has 1 unspecified atom stereocenters. The van der Waals surface area contributed by atoms with Crippen LogP contribution < -0.4 is 5.32 Å². The van der Waals surface area contributed by atoms with Gasteiger partial charge in [-0.25, -0.2) is 0 Å². The summed E-state index contributed by atoms with van der Waals surface area (Å²) in [5, 5.41) is 12.8. The van der Waals surface area contributed by atoms with Gasteiger partial charge in [0.1, 0.15) is 0 Å². The molecule has 0 amide bonds. The van der Waals surface area contributed by atoms with Gasteiger partial charge in [-0.05, 0) is 32.5 Å². The molecule has 0 aromatic heterocycles. The number of likely N-dealkylation sites (N-methyl/N-ethyl adjacent to an activating group) is 2. The maximum atomic E-state index is 9.61. The van der Waals surface area contributed by atoms with Gasteiger partial charge in [-0.15, -0.1) is 0 Å². The molecular formula is C11H26N2O. The van der Waals surface area contributed by atoms with Crippen LogP contribution >= 0.6 is 0 Å². The van der Waals surface area contributed by atoms with Crippen LogP contribution in [0.15, 0.2) is 0 Å². The van der Waals surface area contributed by atoms with Crippen LogP contribution in [0.3, 0.4) is 0 Å². The molecule has 0 aliphatic heterocycles. The molecule has 3 nitrogen and oxygen atoms in total. The van der Waals surface area contributed by atoms with Crippen LogP contribution in [-0.2, 0) is 0 Å². The van der Waals surface area contributed by atoms with Gasteiger partial charge in [0.25, 0.3) is 0 Å². The summed E-state index contributed by atoms with van der Waals surface area (Å²) in [6.07, 6.45) is 0.955. The van der Waals surface area contributed by atoms with Crippen LogP contribution in [0.4, 0.5) is 0 Å². The first-order valence-electron chi connectivity index (χ1n) is 5.63. The van der Waals surface area contributed by atoms with Gasteiger partial charge in [-0.3, -0.25) is 0 Å². The van der Waals surface area contributed by atoms with E-state index in [9.17, 15) is 5.11 Å². The van der Waals surface area contributed by atoms with Crippen LogP contribution in [0, 0.1) is 5.92 Å². The second kappa shape index (κ2) is 8.21. The number of rotatable bonds is 8. The fourth-order valence-electron chi connectivity index (χ4n) is 1.31. The quantitative estimate of drug-likeness (QED) is 0.615. The van der Waals surface area contributed by atoms with Crippen molar-refractivity contribution in [2.75, 3.05) is 33.2 Å². The number of aliphatic hydroxyl groups is 1. The molecule has 0 aliphatic carbocycles. The number of nitrogens with one attached hydrogen (secondary N) is 1. The van der Waals surface area contributed by atoms with E-state index in [4.69, 9.17) is 0 Å². The van der Waals surface area contributed by atoms with E-state index in [0.29, 0.717) is 6.54 Å². The Morgan fingerprint density at radius 3 is 2.50 bits per heavy atom. The zero-order valence-corrected chi connectivity index (χ0v) is 10.1. The molecule has 0 spiro atoms. The molecule has 0 aromatic carbocycles. The highest BCUT2D eigenvalue weighted by atomic mass is 16.3. The zero-order valence-electron chi connectivity index (χ0n) is 10.1. The van der Waals surface area contributed by atoms with Crippen molar-refractivity contribution >= 4 is 0 Å². The lowest BCUT2D eigenvalue weighted by Crippen LogP contribution is -2.37. The fourth-order valence-corrected chi connectivity index (χ4v) is 1.31. The highest BCUT2D eigenvalue weighted by Crippen LogP contribution is 2.00. The summed E-state index contributed by atoms with van der Waals surface area (Å²) < 4.78 is 0. The zero-order chi connectivity index (χ0) is 11.0. The Bertz CT molecular complexity index is 128. The van der Waals surface area contributed by atoms with Gasteiger partial charge in [0.15, 0.2) is 0 Å². The molecule has 0 fully saturated rings. The summed E-state index contributed by atoms with van der Waals surface area (Å²) in [5.74, 6) is 0.739. The minimum absolute atomic E-state index is 0.243. The van der Waals surface area contributed by atoms with Crippen LogP contribution in [0.5, 0.6) is 0 Å². The second-order valence-corrected chi connectivity index (χ2v) is 4.41. The minimum Gasteiger partial charge on any atom is -0.390 e. The van der Waals surface area contributed by atoms with Crippen molar-refractivity contribution in [3.63, 3.8) is 0 Å². The average molecular weight is 202 g/mol. The summed E-state index contributed by atoms with van der Waals surface area (Å²) in [5.41, 5.74) is 0. The normalized spacial score (nSPS) is 13.9. The average Bonchev–Trinajstić information content (AvgIpc) is 2.11. The van der Waals surface area contributed by atoms with Gasteiger partial charge in [-0.2, -0.15) is 0 Å². The maximum absolute atomic E-state index is 9.61. The Labute approximate surface area is 88.5 Å². The van der Waals surface area contributed by atoms with Crippen molar-refractivity contribution in [3.8, 4) is 0 Å². The Morgan fingerprint density at radius 2 is 2.00 bits per heavy atom. The molecule has 14 heavy (non-hydrogen) atoms. The van der Waals surface area contributed by atoms with Crippen molar-refractivity contribution in [1.29, 1.82) is 0 Å². The monoisotopic (exact) mass is 202 g/mol. The molecule has 0 heterocycles. The highest BCUT2D eigenvalue weighted by molar-refractivity contribution is 4.64. The van der Waals surface area contributed by atoms with Gasteiger partial charge < -0.3 is 15.3 Å². The maximum Gasteiger partial charge on any atom is 0.0791 e. The Morgan fingerprint density at radius 1 is 1.36 bits per heavy atom. The third-order valence-electron chi connectivity index (χ3n) is 2.24. The first-order valence-corrected chi connectivity index (χ1v) is 5.63. The van der Waals surface area contributed by atoms with Crippen molar-refractivity contribution < 1.29 is 5.11 Å². The van der Waals surface area contributed by atoms with E-state index in [1.807, 2.05) is 0 Å². The third-order valence-corrected chi connectivity index (χ3v) is 2.24. The highest BCUT2D eigenvalue weighted by Gasteiger charge is 2.07. The van der Waals surface area contributed by atoms with Crippen molar-refractivity contribution in [2.24, 2.45) is 5.92 Å². The Hall–Kier alpha value is -0.120. The van der Waals surface area contributed by atoms with Crippen LogP contribution in [0.1, 0.15) is 27.2 Å². The topological polar surface area (TPSA) is 35.5 Å². The molecule has 0 saturated heterocycles. The first kappa shape index (κ1) is 13.9. The Balaban J connectivity index is 3.44. The molecular weight excluding hydrogens is 176 g/mol. The molecule has 2 N–H and O–H groups in total. The molecule has 86 valence electrons. The summed E-state index contributed by atoms with van der Waals surface area (Å²) in [7, 11) is 2.07. The smallest absolute Gasteiger partial charge is 0.0791 e. The fraction of sp³-hybridized carbons (Fsp3) is 1.00. The SMILES string of the molecule is CCNCC(O)CN(C)CCC(C)C. The van der Waals surface area contributed by atoms with E-state index in [1.54, 1.807) is 0 Å². The lowest BCUT2D eigenvalue weighted by molar-refractivity contribution is 0.122. The molecule has 3 heteroatoms. The third kappa shape index (κ3) is 8.48. The molecule has 0 rings (SSSR count). The summed E-state index contributed by atoms with van der Waals surface area (Å²) in [4.78, 5) is 2.20. The Kier molecular flexibility index (Phi) is 8.14. The molecule has 0 aromatic rings. The number of nitrogens with zero attached hydrogens (tertiary/aromatic N) is 1. The largest absolute Gasteiger partial charge is 0.390 e. The summed E-state index contributed by atoms with van der Waals surface area (Å²) in [6.45, 7) is 9.96. The van der Waals surface area contributed by atoms with Crippen LogP contribution in [0.25, 0.3) is 0 Å². The molecule has 1 atom stereocenters. The van der Waals surface area contributed by atoms with E-state index < -0.39 is 0 Å². The first-order chi connectivity index (χ1) is 6.56. The van der Waals surface area contributed by atoms with Gasteiger partial charge in [0.2, 0.25) is 0 Å². The minimum atomic E-state index is -0.243. The lowest BCUT2D eigenvalue weighted by Gasteiger charge is -2.21.